The van der Waals surface area contributed by atoms with E-state index in [0.717, 1.165) is 28.8 Å². The average Bonchev–Trinajstić information content (AvgIpc) is 3.69. The first-order valence-electron chi connectivity index (χ1n) is 12.6. The highest BCUT2D eigenvalue weighted by atomic mass is 16.6. The van der Waals surface area contributed by atoms with Crippen LogP contribution >= 0.6 is 0 Å². The normalized spacial score (nSPS) is 20.6. The SMILES string of the molecule is C=C(O)C[C@]1(c2ccccc2)CCN([C@@H](C)c2ccc(-c3ccc(=O)n(CC4CC4)c3)cc2)C(=O)O1. The molecule has 0 unspecified atom stereocenters. The monoisotopic (exact) mass is 484 g/mol. The summed E-state index contributed by atoms with van der Waals surface area (Å²) >= 11 is 0. The molecule has 1 saturated carbocycles. The smallest absolute Gasteiger partial charge is 0.411 e. The second-order valence-electron chi connectivity index (χ2n) is 10.1. The lowest BCUT2D eigenvalue weighted by Crippen LogP contribution is -2.48. The van der Waals surface area contributed by atoms with Crippen LogP contribution in [-0.4, -0.2) is 27.2 Å². The van der Waals surface area contributed by atoms with Crippen LogP contribution in [0.5, 0.6) is 0 Å². The summed E-state index contributed by atoms with van der Waals surface area (Å²) in [4.78, 5) is 27.1. The third kappa shape index (κ3) is 4.94. The van der Waals surface area contributed by atoms with Gasteiger partial charge in [0, 0.05) is 38.2 Å². The maximum Gasteiger partial charge on any atom is 0.411 e. The molecule has 36 heavy (non-hydrogen) atoms. The van der Waals surface area contributed by atoms with E-state index in [9.17, 15) is 14.7 Å². The van der Waals surface area contributed by atoms with Crippen LogP contribution in [0.1, 0.15) is 49.8 Å². The van der Waals surface area contributed by atoms with E-state index in [-0.39, 0.29) is 23.8 Å². The largest absolute Gasteiger partial charge is 0.513 e. The van der Waals surface area contributed by atoms with Crippen molar-refractivity contribution in [2.45, 2.75) is 50.8 Å². The Morgan fingerprint density at radius 3 is 2.39 bits per heavy atom. The first-order valence-corrected chi connectivity index (χ1v) is 12.6. The highest BCUT2D eigenvalue weighted by Gasteiger charge is 2.44. The molecule has 2 fully saturated rings. The molecule has 3 aromatic rings. The van der Waals surface area contributed by atoms with E-state index in [0.29, 0.717) is 18.9 Å². The fraction of sp³-hybridized carbons (Fsp3) is 0.333. The fourth-order valence-electron chi connectivity index (χ4n) is 5.08. The number of ether oxygens (including phenoxy) is 1. The number of hydrogen-bond acceptors (Lipinski definition) is 4. The van der Waals surface area contributed by atoms with Gasteiger partial charge in [-0.25, -0.2) is 4.79 Å². The molecule has 2 aromatic carbocycles. The second-order valence-corrected chi connectivity index (χ2v) is 10.1. The molecule has 0 radical (unpaired) electrons. The van der Waals surface area contributed by atoms with Crippen LogP contribution in [0.15, 0.2) is 90.1 Å². The lowest BCUT2D eigenvalue weighted by molar-refractivity contribution is -0.0645. The van der Waals surface area contributed by atoms with Gasteiger partial charge in [0.05, 0.1) is 11.8 Å². The van der Waals surface area contributed by atoms with Gasteiger partial charge in [0.25, 0.3) is 5.56 Å². The molecule has 6 nitrogen and oxygen atoms in total. The molecule has 186 valence electrons. The second kappa shape index (κ2) is 9.69. The Bertz CT molecular complexity index is 1310. The maximum atomic E-state index is 13.2. The molecule has 1 N–H and O–H groups in total. The molecule has 0 spiro atoms. The number of aliphatic hydroxyl groups excluding tert-OH is 1. The molecule has 1 amide bonds. The Morgan fingerprint density at radius 2 is 1.75 bits per heavy atom. The Balaban J connectivity index is 1.32. The number of hydrogen-bond donors (Lipinski definition) is 1. The lowest BCUT2D eigenvalue weighted by Gasteiger charge is -2.43. The van der Waals surface area contributed by atoms with Crippen molar-refractivity contribution in [3.63, 3.8) is 0 Å². The van der Waals surface area contributed by atoms with Crippen LogP contribution in [0.2, 0.25) is 0 Å². The molecular formula is C30H32N2O4. The first-order chi connectivity index (χ1) is 17.3. The average molecular weight is 485 g/mol. The van der Waals surface area contributed by atoms with Gasteiger partial charge in [-0.05, 0) is 54.0 Å². The van der Waals surface area contributed by atoms with E-state index in [2.05, 4.69) is 6.58 Å². The number of benzene rings is 2. The van der Waals surface area contributed by atoms with Crippen molar-refractivity contribution in [1.29, 1.82) is 0 Å². The minimum atomic E-state index is -0.923. The minimum absolute atomic E-state index is 0.00722. The van der Waals surface area contributed by atoms with Gasteiger partial charge in [-0.1, -0.05) is 61.2 Å². The van der Waals surface area contributed by atoms with E-state index in [1.165, 1.54) is 12.8 Å². The van der Waals surface area contributed by atoms with Crippen LogP contribution in [0.3, 0.4) is 0 Å². The molecular weight excluding hydrogens is 452 g/mol. The Labute approximate surface area is 211 Å². The number of carbonyl (C=O) groups excluding carboxylic acids is 1. The molecule has 1 aromatic heterocycles. The molecule has 2 heterocycles. The van der Waals surface area contributed by atoms with Crippen molar-refractivity contribution in [2.75, 3.05) is 6.54 Å². The summed E-state index contributed by atoms with van der Waals surface area (Å²) in [6.45, 7) is 6.91. The topological polar surface area (TPSA) is 71.8 Å². The van der Waals surface area contributed by atoms with Crippen molar-refractivity contribution < 1.29 is 14.6 Å². The molecule has 1 saturated heterocycles. The van der Waals surface area contributed by atoms with Crippen LogP contribution in [0.25, 0.3) is 11.1 Å². The van der Waals surface area contributed by atoms with Crippen LogP contribution in [-0.2, 0) is 16.9 Å². The number of pyridine rings is 1. The van der Waals surface area contributed by atoms with Crippen molar-refractivity contribution >= 4 is 6.09 Å². The standard InChI is InChI=1S/C30H32N2O4/c1-21(33)18-30(27-6-4-3-5-7-27)16-17-32(29(35)36-30)22(2)24-10-12-25(13-11-24)26-14-15-28(34)31(20-26)19-23-8-9-23/h3-7,10-15,20,22-23,33H,1,8-9,16-19H2,2H3/t22-,30-/m0/s1. The maximum absolute atomic E-state index is 13.2. The third-order valence-corrected chi connectivity index (χ3v) is 7.39. The van der Waals surface area contributed by atoms with E-state index in [1.807, 2.05) is 78.4 Å². The zero-order valence-electron chi connectivity index (χ0n) is 20.6. The Morgan fingerprint density at radius 1 is 1.06 bits per heavy atom. The van der Waals surface area contributed by atoms with Crippen molar-refractivity contribution in [1.82, 2.24) is 9.47 Å². The summed E-state index contributed by atoms with van der Waals surface area (Å²) in [6, 6.07) is 21.0. The van der Waals surface area contributed by atoms with E-state index in [1.54, 1.807) is 11.0 Å². The number of nitrogens with zero attached hydrogens (tertiary/aromatic N) is 2. The van der Waals surface area contributed by atoms with Gasteiger partial charge in [-0.15, -0.1) is 0 Å². The molecule has 1 aliphatic heterocycles. The van der Waals surface area contributed by atoms with Gasteiger partial charge in [-0.2, -0.15) is 0 Å². The van der Waals surface area contributed by atoms with Gasteiger partial charge in [0.2, 0.25) is 0 Å². The summed E-state index contributed by atoms with van der Waals surface area (Å²) in [5.41, 5.74) is 3.00. The lowest BCUT2D eigenvalue weighted by atomic mass is 9.85. The highest BCUT2D eigenvalue weighted by molar-refractivity contribution is 5.70. The third-order valence-electron chi connectivity index (χ3n) is 7.39. The quantitative estimate of drug-likeness (QED) is 0.387. The van der Waals surface area contributed by atoms with E-state index < -0.39 is 11.7 Å². The summed E-state index contributed by atoms with van der Waals surface area (Å²) in [5.74, 6) is 0.619. The molecule has 6 heteroatoms. The molecule has 2 atom stereocenters. The van der Waals surface area contributed by atoms with Gasteiger partial charge in [-0.3, -0.25) is 4.79 Å². The number of aliphatic hydroxyl groups is 1. The van der Waals surface area contributed by atoms with Gasteiger partial charge in [0.1, 0.15) is 5.60 Å². The van der Waals surface area contributed by atoms with E-state index >= 15 is 0 Å². The van der Waals surface area contributed by atoms with Crippen molar-refractivity contribution in [3.05, 3.63) is 107 Å². The summed E-state index contributed by atoms with van der Waals surface area (Å²) in [6.07, 6.45) is 4.65. The number of carbonyl (C=O) groups is 1. The number of aromatic nitrogens is 1. The summed E-state index contributed by atoms with van der Waals surface area (Å²) < 4.78 is 7.83. The fourth-order valence-corrected chi connectivity index (χ4v) is 5.08. The predicted molar refractivity (Wildman–Crippen MR) is 140 cm³/mol. The zero-order chi connectivity index (χ0) is 25.3. The molecule has 2 aliphatic rings. The number of rotatable bonds is 8. The molecule has 5 rings (SSSR count). The zero-order valence-corrected chi connectivity index (χ0v) is 20.6. The molecule has 1 aliphatic carbocycles. The van der Waals surface area contributed by atoms with Crippen molar-refractivity contribution in [2.24, 2.45) is 5.92 Å². The first kappa shape index (κ1) is 23.9. The molecule has 0 bridgehead atoms. The van der Waals surface area contributed by atoms with Gasteiger partial charge in [0.15, 0.2) is 0 Å². The van der Waals surface area contributed by atoms with Crippen LogP contribution in [0, 0.1) is 5.92 Å². The predicted octanol–water partition coefficient (Wildman–Crippen LogP) is 6.19. The Hall–Kier alpha value is -3.80. The van der Waals surface area contributed by atoms with Gasteiger partial charge < -0.3 is 19.3 Å². The number of cyclic esters (lactones) is 1. The van der Waals surface area contributed by atoms with Crippen molar-refractivity contribution in [3.8, 4) is 11.1 Å². The Kier molecular flexibility index (Phi) is 6.44. The summed E-state index contributed by atoms with van der Waals surface area (Å²) in [5, 5.41) is 9.95. The van der Waals surface area contributed by atoms with E-state index in [4.69, 9.17) is 4.74 Å². The summed E-state index contributed by atoms with van der Waals surface area (Å²) in [7, 11) is 0. The van der Waals surface area contributed by atoms with Crippen LogP contribution in [0.4, 0.5) is 4.79 Å². The minimum Gasteiger partial charge on any atom is -0.513 e. The van der Waals surface area contributed by atoms with Crippen LogP contribution < -0.4 is 5.56 Å². The van der Waals surface area contributed by atoms with Gasteiger partial charge >= 0.3 is 6.09 Å². The number of amides is 1. The highest BCUT2D eigenvalue weighted by Crippen LogP contribution is 2.41.